The number of amides is 1. The van der Waals surface area contributed by atoms with Crippen LogP contribution < -0.4 is 5.32 Å². The van der Waals surface area contributed by atoms with Gasteiger partial charge in [-0.15, -0.1) is 0 Å². The molecule has 0 radical (unpaired) electrons. The van der Waals surface area contributed by atoms with Gasteiger partial charge in [0.1, 0.15) is 0 Å². The topological polar surface area (TPSA) is 99.4 Å². The predicted octanol–water partition coefficient (Wildman–Crippen LogP) is 0.388. The molecule has 0 aromatic heterocycles. The van der Waals surface area contributed by atoms with E-state index < -0.39 is 17.9 Å². The van der Waals surface area contributed by atoms with Gasteiger partial charge in [-0.1, -0.05) is 0 Å². The molecule has 6 nitrogen and oxygen atoms in total. The lowest BCUT2D eigenvalue weighted by Crippen LogP contribution is -2.43. The van der Waals surface area contributed by atoms with E-state index >= 15 is 0 Å². The number of aliphatic carboxylic acids is 1. The summed E-state index contributed by atoms with van der Waals surface area (Å²) in [5, 5.41) is 19.8. The second kappa shape index (κ2) is 6.37. The molecule has 1 atom stereocenters. The van der Waals surface area contributed by atoms with Crippen molar-refractivity contribution in [2.75, 3.05) is 13.7 Å². The van der Waals surface area contributed by atoms with Crippen LogP contribution >= 0.6 is 0 Å². The van der Waals surface area contributed by atoms with Crippen LogP contribution in [0.25, 0.3) is 0 Å². The van der Waals surface area contributed by atoms with E-state index in [4.69, 9.17) is 15.1 Å². The number of methoxy groups -OCH3 is 1. The summed E-state index contributed by atoms with van der Waals surface area (Å²) in [5.41, 5.74) is 0.717. The Balaban J connectivity index is 2.74. The Kier molecular flexibility index (Phi) is 4.84. The number of nitriles is 1. The molecule has 0 aliphatic rings. The summed E-state index contributed by atoms with van der Waals surface area (Å²) in [7, 11) is 1.35. The van der Waals surface area contributed by atoms with Crippen LogP contribution in [-0.2, 0) is 9.53 Å². The zero-order chi connectivity index (χ0) is 13.5. The summed E-state index contributed by atoms with van der Waals surface area (Å²) in [6, 6.07) is 6.72. The highest BCUT2D eigenvalue weighted by atomic mass is 16.5. The molecule has 0 heterocycles. The minimum absolute atomic E-state index is 0.114. The standard InChI is InChI=1S/C12H12N2O4/c1-18-7-10(12(16)17)14-11(15)9-4-2-8(6-13)3-5-9/h2-5,10H,7H2,1H3,(H,14,15)(H,16,17). The lowest BCUT2D eigenvalue weighted by atomic mass is 10.1. The molecule has 6 heteroatoms. The third kappa shape index (κ3) is 3.57. The summed E-state index contributed by atoms with van der Waals surface area (Å²) >= 11 is 0. The molecular formula is C12H12N2O4. The third-order valence-electron chi connectivity index (χ3n) is 2.21. The number of rotatable bonds is 5. The second-order valence-corrected chi connectivity index (χ2v) is 3.51. The van der Waals surface area contributed by atoms with Crippen molar-refractivity contribution in [1.29, 1.82) is 5.26 Å². The van der Waals surface area contributed by atoms with Gasteiger partial charge in [0.2, 0.25) is 0 Å². The van der Waals surface area contributed by atoms with Gasteiger partial charge in [0.05, 0.1) is 18.2 Å². The maximum Gasteiger partial charge on any atom is 0.328 e. The first-order valence-corrected chi connectivity index (χ1v) is 5.11. The van der Waals surface area contributed by atoms with Gasteiger partial charge in [0.15, 0.2) is 6.04 Å². The normalized spacial score (nSPS) is 11.3. The fourth-order valence-corrected chi connectivity index (χ4v) is 1.28. The number of nitrogens with zero attached hydrogens (tertiary/aromatic N) is 1. The predicted molar refractivity (Wildman–Crippen MR) is 61.9 cm³/mol. The maximum absolute atomic E-state index is 11.7. The number of hydrogen-bond donors (Lipinski definition) is 2. The van der Waals surface area contributed by atoms with Crippen molar-refractivity contribution < 1.29 is 19.4 Å². The number of carboxylic acids is 1. The fourth-order valence-electron chi connectivity index (χ4n) is 1.28. The quantitative estimate of drug-likeness (QED) is 0.785. The Hall–Kier alpha value is -2.39. The van der Waals surface area contributed by atoms with Gasteiger partial charge in [-0.05, 0) is 24.3 Å². The summed E-state index contributed by atoms with van der Waals surface area (Å²) < 4.78 is 4.70. The van der Waals surface area contributed by atoms with Crippen LogP contribution in [0.5, 0.6) is 0 Å². The Labute approximate surface area is 104 Å². The number of carboxylic acid groups (broad SMARTS) is 1. The van der Waals surface area contributed by atoms with Crippen LogP contribution in [0.3, 0.4) is 0 Å². The maximum atomic E-state index is 11.7. The lowest BCUT2D eigenvalue weighted by molar-refractivity contribution is -0.140. The highest BCUT2D eigenvalue weighted by molar-refractivity contribution is 5.96. The first-order valence-electron chi connectivity index (χ1n) is 5.11. The average molecular weight is 248 g/mol. The molecule has 0 aliphatic carbocycles. The number of nitrogens with one attached hydrogen (secondary N) is 1. The molecule has 0 bridgehead atoms. The molecule has 1 aromatic carbocycles. The van der Waals surface area contributed by atoms with E-state index in [1.807, 2.05) is 6.07 Å². The smallest absolute Gasteiger partial charge is 0.328 e. The van der Waals surface area contributed by atoms with Crippen molar-refractivity contribution in [3.05, 3.63) is 35.4 Å². The lowest BCUT2D eigenvalue weighted by Gasteiger charge is -2.13. The fraction of sp³-hybridized carbons (Fsp3) is 0.250. The van der Waals surface area contributed by atoms with Gasteiger partial charge >= 0.3 is 5.97 Å². The zero-order valence-corrected chi connectivity index (χ0v) is 9.71. The first kappa shape index (κ1) is 13.7. The van der Waals surface area contributed by atoms with Gasteiger partial charge in [0.25, 0.3) is 5.91 Å². The zero-order valence-electron chi connectivity index (χ0n) is 9.71. The Morgan fingerprint density at radius 3 is 2.50 bits per heavy atom. The van der Waals surface area contributed by atoms with Gasteiger partial charge in [-0.25, -0.2) is 4.79 Å². The molecule has 0 fully saturated rings. The second-order valence-electron chi connectivity index (χ2n) is 3.51. The van der Waals surface area contributed by atoms with E-state index in [0.717, 1.165) is 0 Å². The highest BCUT2D eigenvalue weighted by Gasteiger charge is 2.20. The van der Waals surface area contributed by atoms with Crippen LogP contribution in [0, 0.1) is 11.3 Å². The first-order chi connectivity index (χ1) is 8.58. The number of ether oxygens (including phenoxy) is 1. The molecule has 1 unspecified atom stereocenters. The Morgan fingerprint density at radius 1 is 1.44 bits per heavy atom. The highest BCUT2D eigenvalue weighted by Crippen LogP contribution is 2.03. The largest absolute Gasteiger partial charge is 0.480 e. The Bertz CT molecular complexity index is 476. The molecular weight excluding hydrogens is 236 g/mol. The van der Waals surface area contributed by atoms with E-state index in [-0.39, 0.29) is 12.2 Å². The molecule has 94 valence electrons. The van der Waals surface area contributed by atoms with E-state index in [2.05, 4.69) is 5.32 Å². The molecule has 1 amide bonds. The van der Waals surface area contributed by atoms with Gasteiger partial charge in [-0.3, -0.25) is 4.79 Å². The van der Waals surface area contributed by atoms with Crippen molar-refractivity contribution in [1.82, 2.24) is 5.32 Å². The molecule has 1 aromatic rings. The number of hydrogen-bond acceptors (Lipinski definition) is 4. The molecule has 0 spiro atoms. The molecule has 0 aliphatic heterocycles. The van der Waals surface area contributed by atoms with Crippen molar-refractivity contribution in [2.45, 2.75) is 6.04 Å². The van der Waals surface area contributed by atoms with Crippen molar-refractivity contribution in [2.24, 2.45) is 0 Å². The molecule has 2 N–H and O–H groups in total. The molecule has 18 heavy (non-hydrogen) atoms. The third-order valence-corrected chi connectivity index (χ3v) is 2.21. The van der Waals surface area contributed by atoms with E-state index in [9.17, 15) is 9.59 Å². The minimum Gasteiger partial charge on any atom is -0.480 e. The monoisotopic (exact) mass is 248 g/mol. The SMILES string of the molecule is COCC(NC(=O)c1ccc(C#N)cc1)C(=O)O. The van der Waals surface area contributed by atoms with Crippen LogP contribution in [-0.4, -0.2) is 36.7 Å². The Morgan fingerprint density at radius 2 is 2.06 bits per heavy atom. The van der Waals surface area contributed by atoms with Crippen molar-refractivity contribution in [3.8, 4) is 6.07 Å². The van der Waals surface area contributed by atoms with E-state index in [0.29, 0.717) is 5.56 Å². The number of benzene rings is 1. The summed E-state index contributed by atoms with van der Waals surface area (Å²) in [6.07, 6.45) is 0. The average Bonchev–Trinajstić information content (AvgIpc) is 2.38. The van der Waals surface area contributed by atoms with Crippen molar-refractivity contribution in [3.63, 3.8) is 0 Å². The van der Waals surface area contributed by atoms with Crippen LogP contribution in [0.1, 0.15) is 15.9 Å². The summed E-state index contributed by atoms with van der Waals surface area (Å²) in [5.74, 6) is -1.69. The van der Waals surface area contributed by atoms with E-state index in [1.165, 1.54) is 31.4 Å². The van der Waals surface area contributed by atoms with Crippen LogP contribution in [0.15, 0.2) is 24.3 Å². The van der Waals surface area contributed by atoms with Crippen LogP contribution in [0.2, 0.25) is 0 Å². The van der Waals surface area contributed by atoms with Gasteiger partial charge < -0.3 is 15.2 Å². The minimum atomic E-state index is -1.17. The molecule has 1 rings (SSSR count). The van der Waals surface area contributed by atoms with E-state index in [1.54, 1.807) is 0 Å². The summed E-state index contributed by atoms with van der Waals surface area (Å²) in [4.78, 5) is 22.5. The van der Waals surface area contributed by atoms with Gasteiger partial charge in [0, 0.05) is 12.7 Å². The molecule has 0 saturated heterocycles. The van der Waals surface area contributed by atoms with Crippen LogP contribution in [0.4, 0.5) is 0 Å². The van der Waals surface area contributed by atoms with Crippen molar-refractivity contribution >= 4 is 11.9 Å². The summed E-state index contributed by atoms with van der Waals surface area (Å²) in [6.45, 7) is -0.114. The number of carbonyl (C=O) groups excluding carboxylic acids is 1. The molecule has 0 saturated carbocycles. The van der Waals surface area contributed by atoms with Gasteiger partial charge in [-0.2, -0.15) is 5.26 Å². The number of carbonyl (C=O) groups is 2.